The van der Waals surface area contributed by atoms with E-state index in [-0.39, 0.29) is 5.97 Å². The van der Waals surface area contributed by atoms with E-state index in [9.17, 15) is 4.79 Å². The summed E-state index contributed by atoms with van der Waals surface area (Å²) in [4.78, 5) is 15.9. The summed E-state index contributed by atoms with van der Waals surface area (Å²) in [7, 11) is 1.38. The lowest BCUT2D eigenvalue weighted by Gasteiger charge is -2.12. The van der Waals surface area contributed by atoms with Gasteiger partial charge in [0.1, 0.15) is 5.82 Å². The summed E-state index contributed by atoms with van der Waals surface area (Å²) in [6, 6.07) is 7.32. The smallest absolute Gasteiger partial charge is 0.337 e. The van der Waals surface area contributed by atoms with E-state index in [1.54, 1.807) is 18.3 Å². The van der Waals surface area contributed by atoms with Crippen LogP contribution in [0.4, 0.5) is 0 Å². The van der Waals surface area contributed by atoms with Gasteiger partial charge >= 0.3 is 5.97 Å². The normalized spacial score (nSPS) is 17.9. The van der Waals surface area contributed by atoms with E-state index in [0.29, 0.717) is 11.5 Å². The lowest BCUT2D eigenvalue weighted by atomic mass is 10.1. The van der Waals surface area contributed by atoms with Crippen molar-refractivity contribution in [3.8, 4) is 11.4 Å². The van der Waals surface area contributed by atoms with Crippen molar-refractivity contribution >= 4 is 5.97 Å². The van der Waals surface area contributed by atoms with Gasteiger partial charge in [-0.2, -0.15) is 0 Å². The molecular formula is C16H18N2O3. The number of imidazole rings is 1. The van der Waals surface area contributed by atoms with E-state index in [1.165, 1.54) is 7.11 Å². The van der Waals surface area contributed by atoms with Crippen molar-refractivity contribution in [2.45, 2.75) is 13.0 Å². The Morgan fingerprint density at radius 1 is 1.43 bits per heavy atom. The Bertz CT molecular complexity index is 613. The standard InChI is InChI=1S/C16H18N2O3/c1-20-16(19)14-4-2-13(3-5-14)15-17-7-8-18(15)10-12-6-9-21-11-12/h2-5,7-8,12H,6,9-11H2,1H3/t12-/m0/s1. The van der Waals surface area contributed by atoms with Crippen molar-refractivity contribution in [3.63, 3.8) is 0 Å². The van der Waals surface area contributed by atoms with Crippen molar-refractivity contribution in [2.75, 3.05) is 20.3 Å². The molecule has 0 radical (unpaired) electrons. The Morgan fingerprint density at radius 2 is 2.24 bits per heavy atom. The third kappa shape index (κ3) is 2.97. The Hall–Kier alpha value is -2.14. The Morgan fingerprint density at radius 3 is 2.90 bits per heavy atom. The molecule has 1 aromatic heterocycles. The number of ether oxygens (including phenoxy) is 2. The maximum absolute atomic E-state index is 11.5. The zero-order chi connectivity index (χ0) is 14.7. The molecule has 1 aromatic carbocycles. The molecule has 2 heterocycles. The molecule has 1 fully saturated rings. The number of benzene rings is 1. The van der Waals surface area contributed by atoms with E-state index in [0.717, 1.165) is 37.6 Å². The first-order chi connectivity index (χ1) is 10.3. The largest absolute Gasteiger partial charge is 0.465 e. The monoisotopic (exact) mass is 286 g/mol. The molecule has 0 saturated carbocycles. The van der Waals surface area contributed by atoms with E-state index < -0.39 is 0 Å². The fourth-order valence-electron chi connectivity index (χ4n) is 2.60. The summed E-state index contributed by atoms with van der Waals surface area (Å²) >= 11 is 0. The van der Waals surface area contributed by atoms with Crippen LogP contribution in [0.1, 0.15) is 16.8 Å². The topological polar surface area (TPSA) is 53.3 Å². The number of nitrogens with zero attached hydrogens (tertiary/aromatic N) is 2. The van der Waals surface area contributed by atoms with Gasteiger partial charge in [-0.25, -0.2) is 9.78 Å². The first-order valence-electron chi connectivity index (χ1n) is 7.05. The van der Waals surface area contributed by atoms with Crippen LogP contribution in [0.25, 0.3) is 11.4 Å². The van der Waals surface area contributed by atoms with Gasteiger partial charge in [0.25, 0.3) is 0 Å². The molecule has 0 unspecified atom stereocenters. The van der Waals surface area contributed by atoms with Gasteiger partial charge in [0, 0.05) is 37.0 Å². The summed E-state index contributed by atoms with van der Waals surface area (Å²) < 4.78 is 12.3. The number of carbonyl (C=O) groups excluding carboxylic acids is 1. The first-order valence-corrected chi connectivity index (χ1v) is 7.05. The molecule has 110 valence electrons. The molecule has 1 aliphatic rings. The lowest BCUT2D eigenvalue weighted by molar-refractivity contribution is 0.0601. The molecule has 1 saturated heterocycles. The van der Waals surface area contributed by atoms with Gasteiger partial charge in [0.2, 0.25) is 0 Å². The second-order valence-corrected chi connectivity index (χ2v) is 5.20. The summed E-state index contributed by atoms with van der Waals surface area (Å²) in [5.74, 6) is 1.14. The third-order valence-corrected chi connectivity index (χ3v) is 3.76. The van der Waals surface area contributed by atoms with Crippen molar-refractivity contribution in [2.24, 2.45) is 5.92 Å². The SMILES string of the molecule is COC(=O)c1ccc(-c2nccn2C[C@@H]2CCOC2)cc1. The Kier molecular flexibility index (Phi) is 4.01. The molecule has 21 heavy (non-hydrogen) atoms. The lowest BCUT2D eigenvalue weighted by Crippen LogP contribution is -2.11. The van der Waals surface area contributed by atoms with Crippen molar-refractivity contribution in [1.82, 2.24) is 9.55 Å². The van der Waals surface area contributed by atoms with Crippen LogP contribution in [0.15, 0.2) is 36.7 Å². The van der Waals surface area contributed by atoms with Gasteiger partial charge in [-0.1, -0.05) is 12.1 Å². The van der Waals surface area contributed by atoms with Crippen molar-refractivity contribution in [3.05, 3.63) is 42.2 Å². The highest BCUT2D eigenvalue weighted by Gasteiger charge is 2.18. The predicted octanol–water partition coefficient (Wildman–Crippen LogP) is 2.37. The van der Waals surface area contributed by atoms with Crippen LogP contribution >= 0.6 is 0 Å². The van der Waals surface area contributed by atoms with Crippen LogP contribution in [0.5, 0.6) is 0 Å². The molecule has 5 heteroatoms. The fraction of sp³-hybridized carbons (Fsp3) is 0.375. The maximum atomic E-state index is 11.5. The van der Waals surface area contributed by atoms with Crippen LogP contribution in [0.2, 0.25) is 0 Å². The number of carbonyl (C=O) groups is 1. The predicted molar refractivity (Wildman–Crippen MR) is 77.9 cm³/mol. The van der Waals surface area contributed by atoms with Gasteiger partial charge in [-0.3, -0.25) is 0 Å². The highest BCUT2D eigenvalue weighted by atomic mass is 16.5. The van der Waals surface area contributed by atoms with Crippen LogP contribution in [0, 0.1) is 5.92 Å². The quantitative estimate of drug-likeness (QED) is 0.810. The van der Waals surface area contributed by atoms with E-state index in [1.807, 2.05) is 18.3 Å². The number of esters is 1. The molecule has 0 spiro atoms. The Balaban J connectivity index is 1.80. The maximum Gasteiger partial charge on any atom is 0.337 e. The Labute approximate surface area is 123 Å². The zero-order valence-electron chi connectivity index (χ0n) is 12.0. The van der Waals surface area contributed by atoms with Crippen LogP contribution < -0.4 is 0 Å². The summed E-state index contributed by atoms with van der Waals surface area (Å²) in [5.41, 5.74) is 1.54. The molecule has 0 N–H and O–H groups in total. The molecule has 5 nitrogen and oxygen atoms in total. The third-order valence-electron chi connectivity index (χ3n) is 3.76. The molecule has 2 aromatic rings. The molecule has 0 bridgehead atoms. The minimum Gasteiger partial charge on any atom is -0.465 e. The van der Waals surface area contributed by atoms with E-state index in [2.05, 4.69) is 9.55 Å². The van der Waals surface area contributed by atoms with Crippen LogP contribution in [-0.4, -0.2) is 35.8 Å². The number of hydrogen-bond acceptors (Lipinski definition) is 4. The zero-order valence-corrected chi connectivity index (χ0v) is 12.0. The summed E-state index contributed by atoms with van der Waals surface area (Å²) in [6.45, 7) is 2.58. The van der Waals surface area contributed by atoms with E-state index in [4.69, 9.17) is 9.47 Å². The number of hydrogen-bond donors (Lipinski definition) is 0. The minimum absolute atomic E-state index is 0.326. The highest BCUT2D eigenvalue weighted by Crippen LogP contribution is 2.22. The highest BCUT2D eigenvalue weighted by molar-refractivity contribution is 5.89. The second kappa shape index (κ2) is 6.10. The number of aromatic nitrogens is 2. The molecule has 0 amide bonds. The summed E-state index contributed by atoms with van der Waals surface area (Å²) in [5, 5.41) is 0. The van der Waals surface area contributed by atoms with Crippen LogP contribution in [-0.2, 0) is 16.0 Å². The fourth-order valence-corrected chi connectivity index (χ4v) is 2.60. The van der Waals surface area contributed by atoms with E-state index >= 15 is 0 Å². The minimum atomic E-state index is -0.326. The molecule has 0 aliphatic carbocycles. The van der Waals surface area contributed by atoms with Gasteiger partial charge in [0.05, 0.1) is 19.3 Å². The van der Waals surface area contributed by atoms with Gasteiger partial charge < -0.3 is 14.0 Å². The number of methoxy groups -OCH3 is 1. The molecule has 1 atom stereocenters. The average Bonchev–Trinajstić information content (AvgIpc) is 3.19. The number of rotatable bonds is 4. The van der Waals surface area contributed by atoms with Crippen LogP contribution in [0.3, 0.4) is 0 Å². The van der Waals surface area contributed by atoms with Crippen molar-refractivity contribution in [1.29, 1.82) is 0 Å². The van der Waals surface area contributed by atoms with Gasteiger partial charge in [-0.15, -0.1) is 0 Å². The molecule has 3 rings (SSSR count). The summed E-state index contributed by atoms with van der Waals surface area (Å²) in [6.07, 6.45) is 4.89. The van der Waals surface area contributed by atoms with Gasteiger partial charge in [-0.05, 0) is 18.6 Å². The van der Waals surface area contributed by atoms with Gasteiger partial charge in [0.15, 0.2) is 0 Å². The van der Waals surface area contributed by atoms with Crippen molar-refractivity contribution < 1.29 is 14.3 Å². The first kappa shape index (κ1) is 13.8. The average molecular weight is 286 g/mol. The second-order valence-electron chi connectivity index (χ2n) is 5.20. The molecular weight excluding hydrogens is 268 g/mol. The molecule has 1 aliphatic heterocycles.